The van der Waals surface area contributed by atoms with Gasteiger partial charge in [0.2, 0.25) is 0 Å². The van der Waals surface area contributed by atoms with Crippen LogP contribution in [-0.2, 0) is 4.79 Å². The number of rotatable bonds is 3. The van der Waals surface area contributed by atoms with E-state index in [1.807, 2.05) is 30.3 Å². The van der Waals surface area contributed by atoms with Crippen molar-refractivity contribution in [2.24, 2.45) is 0 Å². The van der Waals surface area contributed by atoms with Gasteiger partial charge in [0, 0.05) is 18.8 Å². The Morgan fingerprint density at radius 3 is 2.57 bits per heavy atom. The molecule has 0 bridgehead atoms. The lowest BCUT2D eigenvalue weighted by atomic mass is 10.3. The molecular formula is C12H13NO. The molecule has 1 aromatic carbocycles. The molecule has 1 amide bonds. The highest BCUT2D eigenvalue weighted by Crippen LogP contribution is 2.10. The molecule has 2 heteroatoms. The van der Waals surface area contributed by atoms with Gasteiger partial charge in [-0.05, 0) is 12.1 Å². The Balaban J connectivity index is 2.75. The Hall–Kier alpha value is -1.83. The van der Waals surface area contributed by atoms with Crippen molar-refractivity contribution in [3.63, 3.8) is 0 Å². The average Bonchev–Trinajstić information content (AvgIpc) is 2.26. The Kier molecular flexibility index (Phi) is 3.68. The second-order valence-electron chi connectivity index (χ2n) is 2.83. The van der Waals surface area contributed by atoms with Crippen LogP contribution in [0.1, 0.15) is 0 Å². The zero-order valence-corrected chi connectivity index (χ0v) is 8.18. The molecule has 72 valence electrons. The second-order valence-corrected chi connectivity index (χ2v) is 2.83. The molecule has 0 atom stereocenters. The molecule has 0 unspecified atom stereocenters. The number of amides is 1. The molecule has 1 rings (SSSR count). The number of hydrogen-bond donors (Lipinski definition) is 0. The number of para-hydroxylation sites is 1. The van der Waals surface area contributed by atoms with Crippen LogP contribution in [0.15, 0.2) is 55.1 Å². The molecule has 0 aromatic heterocycles. The quantitative estimate of drug-likeness (QED) is 0.525. The molecular weight excluding hydrogens is 174 g/mol. The average molecular weight is 187 g/mol. The highest BCUT2D eigenvalue weighted by molar-refractivity contribution is 6.01. The number of allylic oxidation sites excluding steroid dienone is 2. The van der Waals surface area contributed by atoms with E-state index in [1.165, 1.54) is 6.08 Å². The molecule has 0 saturated carbocycles. The Morgan fingerprint density at radius 1 is 1.36 bits per heavy atom. The van der Waals surface area contributed by atoms with E-state index in [4.69, 9.17) is 0 Å². The molecule has 0 radical (unpaired) electrons. The van der Waals surface area contributed by atoms with Crippen molar-refractivity contribution in [2.45, 2.75) is 0 Å². The van der Waals surface area contributed by atoms with E-state index >= 15 is 0 Å². The minimum absolute atomic E-state index is 0.0592. The summed E-state index contributed by atoms with van der Waals surface area (Å²) in [6.07, 6.45) is 4.69. The van der Waals surface area contributed by atoms with Gasteiger partial charge in [0.15, 0.2) is 0 Å². The first-order chi connectivity index (χ1) is 6.75. The maximum absolute atomic E-state index is 11.5. The highest BCUT2D eigenvalue weighted by Gasteiger charge is 2.05. The van der Waals surface area contributed by atoms with Crippen LogP contribution >= 0.6 is 0 Å². The van der Waals surface area contributed by atoms with Crippen molar-refractivity contribution in [2.75, 3.05) is 11.9 Å². The van der Waals surface area contributed by atoms with E-state index in [2.05, 4.69) is 6.58 Å². The van der Waals surface area contributed by atoms with E-state index in [0.717, 1.165) is 5.69 Å². The number of carbonyl (C=O) groups is 1. The fraction of sp³-hybridized carbons (Fsp3) is 0.0833. The van der Waals surface area contributed by atoms with Gasteiger partial charge in [0.25, 0.3) is 5.91 Å². The summed E-state index contributed by atoms with van der Waals surface area (Å²) in [6, 6.07) is 9.49. The largest absolute Gasteiger partial charge is 0.312 e. The number of benzene rings is 1. The summed E-state index contributed by atoms with van der Waals surface area (Å²) in [7, 11) is 1.74. The standard InChI is InChI=1S/C12H13NO/c1-3-4-10-12(14)13(2)11-8-6-5-7-9-11/h3-10H,1H2,2H3/b10-4-. The molecule has 0 aliphatic carbocycles. The predicted octanol–water partition coefficient (Wildman–Crippen LogP) is 2.39. The maximum Gasteiger partial charge on any atom is 0.250 e. The Labute approximate surface area is 84.2 Å². The van der Waals surface area contributed by atoms with Crippen LogP contribution in [0.25, 0.3) is 0 Å². The first kappa shape index (κ1) is 10.3. The van der Waals surface area contributed by atoms with Gasteiger partial charge in [0.1, 0.15) is 0 Å². The van der Waals surface area contributed by atoms with Crippen LogP contribution < -0.4 is 4.90 Å². The normalized spacial score (nSPS) is 10.1. The van der Waals surface area contributed by atoms with E-state index in [1.54, 1.807) is 24.1 Å². The maximum atomic E-state index is 11.5. The third-order valence-corrected chi connectivity index (χ3v) is 1.85. The van der Waals surface area contributed by atoms with Crippen LogP contribution in [0.4, 0.5) is 5.69 Å². The lowest BCUT2D eigenvalue weighted by Gasteiger charge is -2.14. The van der Waals surface area contributed by atoms with Crippen molar-refractivity contribution in [1.29, 1.82) is 0 Å². The third-order valence-electron chi connectivity index (χ3n) is 1.85. The van der Waals surface area contributed by atoms with Gasteiger partial charge in [-0.1, -0.05) is 36.9 Å². The number of likely N-dealkylation sites (N-methyl/N-ethyl adjacent to an activating group) is 1. The molecule has 0 heterocycles. The minimum atomic E-state index is -0.0592. The summed E-state index contributed by atoms with van der Waals surface area (Å²) >= 11 is 0. The minimum Gasteiger partial charge on any atom is -0.312 e. The fourth-order valence-electron chi connectivity index (χ4n) is 1.04. The molecule has 0 saturated heterocycles. The van der Waals surface area contributed by atoms with Gasteiger partial charge >= 0.3 is 0 Å². The summed E-state index contributed by atoms with van der Waals surface area (Å²) in [5.74, 6) is -0.0592. The predicted molar refractivity (Wildman–Crippen MR) is 59.2 cm³/mol. The SMILES string of the molecule is C=C/C=C\C(=O)N(C)c1ccccc1. The van der Waals surface area contributed by atoms with Gasteiger partial charge in [-0.15, -0.1) is 0 Å². The Morgan fingerprint density at radius 2 is 2.00 bits per heavy atom. The molecule has 0 aliphatic heterocycles. The van der Waals surface area contributed by atoms with E-state index in [9.17, 15) is 4.79 Å². The van der Waals surface area contributed by atoms with Crippen molar-refractivity contribution < 1.29 is 4.79 Å². The first-order valence-corrected chi connectivity index (χ1v) is 4.37. The van der Waals surface area contributed by atoms with Crippen LogP contribution in [0.2, 0.25) is 0 Å². The summed E-state index contributed by atoms with van der Waals surface area (Å²) in [6.45, 7) is 3.51. The van der Waals surface area contributed by atoms with Crippen molar-refractivity contribution in [3.05, 3.63) is 55.1 Å². The summed E-state index contributed by atoms with van der Waals surface area (Å²) < 4.78 is 0. The molecule has 14 heavy (non-hydrogen) atoms. The van der Waals surface area contributed by atoms with Gasteiger partial charge in [-0.3, -0.25) is 4.79 Å². The summed E-state index contributed by atoms with van der Waals surface area (Å²) in [4.78, 5) is 13.1. The molecule has 1 aromatic rings. The number of anilines is 1. The fourth-order valence-corrected chi connectivity index (χ4v) is 1.04. The number of carbonyl (C=O) groups excluding carboxylic acids is 1. The monoisotopic (exact) mass is 187 g/mol. The van der Waals surface area contributed by atoms with Crippen molar-refractivity contribution in [3.8, 4) is 0 Å². The lowest BCUT2D eigenvalue weighted by Crippen LogP contribution is -2.23. The summed E-state index contributed by atoms with van der Waals surface area (Å²) in [5, 5.41) is 0. The molecule has 0 fully saturated rings. The van der Waals surface area contributed by atoms with Crippen molar-refractivity contribution >= 4 is 11.6 Å². The van der Waals surface area contributed by atoms with Crippen molar-refractivity contribution in [1.82, 2.24) is 0 Å². The topological polar surface area (TPSA) is 20.3 Å². The van der Waals surface area contributed by atoms with Crippen LogP contribution in [0.3, 0.4) is 0 Å². The zero-order chi connectivity index (χ0) is 10.4. The lowest BCUT2D eigenvalue weighted by molar-refractivity contribution is -0.113. The van der Waals surface area contributed by atoms with Gasteiger partial charge in [-0.25, -0.2) is 0 Å². The smallest absolute Gasteiger partial charge is 0.250 e. The van der Waals surface area contributed by atoms with E-state index < -0.39 is 0 Å². The highest BCUT2D eigenvalue weighted by atomic mass is 16.2. The van der Waals surface area contributed by atoms with E-state index in [0.29, 0.717) is 0 Å². The van der Waals surface area contributed by atoms with Crippen LogP contribution in [-0.4, -0.2) is 13.0 Å². The molecule has 2 nitrogen and oxygen atoms in total. The zero-order valence-electron chi connectivity index (χ0n) is 8.18. The molecule has 0 aliphatic rings. The Bertz CT molecular complexity index is 341. The van der Waals surface area contributed by atoms with Gasteiger partial charge in [-0.2, -0.15) is 0 Å². The summed E-state index contributed by atoms with van der Waals surface area (Å²) in [5.41, 5.74) is 0.881. The second kappa shape index (κ2) is 5.02. The first-order valence-electron chi connectivity index (χ1n) is 4.37. The number of hydrogen-bond acceptors (Lipinski definition) is 1. The molecule has 0 spiro atoms. The number of nitrogens with zero attached hydrogens (tertiary/aromatic N) is 1. The van der Waals surface area contributed by atoms with Crippen LogP contribution in [0, 0.1) is 0 Å². The van der Waals surface area contributed by atoms with E-state index in [-0.39, 0.29) is 5.91 Å². The van der Waals surface area contributed by atoms with Gasteiger partial charge < -0.3 is 4.90 Å². The third kappa shape index (κ3) is 2.59. The van der Waals surface area contributed by atoms with Crippen LogP contribution in [0.5, 0.6) is 0 Å². The van der Waals surface area contributed by atoms with Gasteiger partial charge in [0.05, 0.1) is 0 Å². The molecule has 0 N–H and O–H groups in total.